The maximum Gasteiger partial charge on any atom is 0.225 e. The van der Waals surface area contributed by atoms with Gasteiger partial charge in [0.1, 0.15) is 23.7 Å². The van der Waals surface area contributed by atoms with E-state index >= 15 is 0 Å². The Bertz CT molecular complexity index is 1140. The SMILES string of the molecule is NC1=NC2(COC1)c1cc(-c3cccnc3F)ccc1Oc1ncc(Br)cc12. The van der Waals surface area contributed by atoms with Crippen LogP contribution >= 0.6 is 15.9 Å². The lowest BCUT2D eigenvalue weighted by Crippen LogP contribution is -2.42. The molecule has 2 N–H and O–H groups in total. The summed E-state index contributed by atoms with van der Waals surface area (Å²) in [4.78, 5) is 12.9. The van der Waals surface area contributed by atoms with Gasteiger partial charge in [0.15, 0.2) is 0 Å². The highest BCUT2D eigenvalue weighted by Crippen LogP contribution is 2.50. The van der Waals surface area contributed by atoms with Gasteiger partial charge in [-0.3, -0.25) is 4.99 Å². The van der Waals surface area contributed by atoms with Crippen molar-refractivity contribution in [3.8, 4) is 22.8 Å². The van der Waals surface area contributed by atoms with Gasteiger partial charge in [0.2, 0.25) is 11.8 Å². The number of ether oxygens (including phenoxy) is 2. The Balaban J connectivity index is 1.78. The molecule has 0 saturated heterocycles. The number of pyridine rings is 2. The minimum Gasteiger partial charge on any atom is -0.438 e. The largest absolute Gasteiger partial charge is 0.438 e. The summed E-state index contributed by atoms with van der Waals surface area (Å²) < 4.78 is 26.8. The lowest BCUT2D eigenvalue weighted by Gasteiger charge is -2.38. The molecule has 1 atom stereocenters. The Kier molecular flexibility index (Phi) is 3.92. The topological polar surface area (TPSA) is 82.6 Å². The molecule has 6 nitrogen and oxygen atoms in total. The number of fused-ring (bicyclic) bond motifs is 4. The molecule has 5 rings (SSSR count). The van der Waals surface area contributed by atoms with E-state index in [1.807, 2.05) is 12.1 Å². The van der Waals surface area contributed by atoms with Crippen molar-refractivity contribution in [2.75, 3.05) is 13.2 Å². The van der Waals surface area contributed by atoms with Crippen LogP contribution in [0.3, 0.4) is 0 Å². The molecule has 0 bridgehead atoms. The lowest BCUT2D eigenvalue weighted by atomic mass is 9.80. The van der Waals surface area contributed by atoms with Crippen LogP contribution in [0, 0.1) is 5.95 Å². The van der Waals surface area contributed by atoms with Crippen molar-refractivity contribution in [2.24, 2.45) is 10.7 Å². The molecule has 8 heteroatoms. The number of amidine groups is 1. The van der Waals surface area contributed by atoms with Gasteiger partial charge in [-0.2, -0.15) is 4.39 Å². The van der Waals surface area contributed by atoms with Crippen molar-refractivity contribution < 1.29 is 13.9 Å². The van der Waals surface area contributed by atoms with Crippen molar-refractivity contribution in [1.29, 1.82) is 0 Å². The molecule has 0 radical (unpaired) electrons. The van der Waals surface area contributed by atoms with Gasteiger partial charge in [0.05, 0.1) is 12.2 Å². The summed E-state index contributed by atoms with van der Waals surface area (Å²) in [6.45, 7) is 0.528. The molecule has 4 heterocycles. The van der Waals surface area contributed by atoms with Crippen LogP contribution in [-0.2, 0) is 10.3 Å². The van der Waals surface area contributed by atoms with Gasteiger partial charge in [0, 0.05) is 28.0 Å². The molecule has 2 aromatic heterocycles. The number of hydrogen-bond acceptors (Lipinski definition) is 6. The molecule has 0 fully saturated rings. The average molecular weight is 441 g/mol. The zero-order valence-electron chi connectivity index (χ0n) is 14.5. The number of rotatable bonds is 1. The van der Waals surface area contributed by atoms with Gasteiger partial charge < -0.3 is 15.2 Å². The van der Waals surface area contributed by atoms with Crippen LogP contribution < -0.4 is 10.5 Å². The zero-order chi connectivity index (χ0) is 19.3. The van der Waals surface area contributed by atoms with Crippen molar-refractivity contribution in [1.82, 2.24) is 9.97 Å². The summed E-state index contributed by atoms with van der Waals surface area (Å²) in [5.41, 5.74) is 7.66. The van der Waals surface area contributed by atoms with Crippen molar-refractivity contribution in [2.45, 2.75) is 5.54 Å². The molecular formula is C20H14BrFN4O2. The maximum atomic E-state index is 14.3. The van der Waals surface area contributed by atoms with Crippen LogP contribution in [0.15, 0.2) is 58.3 Å². The number of aromatic nitrogens is 2. The Hall–Kier alpha value is -2.84. The van der Waals surface area contributed by atoms with Gasteiger partial charge in [-0.05, 0) is 51.8 Å². The van der Waals surface area contributed by atoms with Crippen LogP contribution in [0.2, 0.25) is 0 Å². The minimum absolute atomic E-state index is 0.256. The second-order valence-corrected chi connectivity index (χ2v) is 7.53. The first-order valence-corrected chi connectivity index (χ1v) is 9.37. The normalized spacial score (nSPS) is 20.1. The first-order valence-electron chi connectivity index (χ1n) is 8.58. The number of nitrogens with two attached hydrogens (primary N) is 1. The molecule has 2 aliphatic rings. The number of hydrogen-bond donors (Lipinski definition) is 1. The molecule has 1 aromatic carbocycles. The number of benzene rings is 1. The smallest absolute Gasteiger partial charge is 0.225 e. The van der Waals surface area contributed by atoms with Crippen LogP contribution in [0.4, 0.5) is 4.39 Å². The number of aliphatic imine (C=N–C) groups is 1. The zero-order valence-corrected chi connectivity index (χ0v) is 16.1. The van der Waals surface area contributed by atoms with E-state index < -0.39 is 11.5 Å². The predicted octanol–water partition coefficient (Wildman–Crippen LogP) is 3.78. The monoisotopic (exact) mass is 440 g/mol. The standard InChI is InChI=1S/C20H14BrFN4O2/c21-12-7-15-19(25-8-12)28-16-4-3-11(13-2-1-5-24-18(13)22)6-14(16)20(15)10-27-9-17(23)26-20/h1-8H,9-10H2,(H2,23,26). The van der Waals surface area contributed by atoms with Crippen molar-refractivity contribution >= 4 is 21.8 Å². The molecule has 3 aromatic rings. The molecular weight excluding hydrogens is 427 g/mol. The summed E-state index contributed by atoms with van der Waals surface area (Å²) in [6.07, 6.45) is 3.08. The van der Waals surface area contributed by atoms with Crippen molar-refractivity contribution in [3.05, 3.63) is 70.3 Å². The fourth-order valence-corrected chi connectivity index (χ4v) is 3.98. The van der Waals surface area contributed by atoms with Crippen LogP contribution in [0.25, 0.3) is 11.1 Å². The molecule has 0 saturated carbocycles. The van der Waals surface area contributed by atoms with E-state index in [9.17, 15) is 4.39 Å². The summed E-state index contributed by atoms with van der Waals surface area (Å²) >= 11 is 3.46. The minimum atomic E-state index is -0.920. The first kappa shape index (κ1) is 17.3. The van der Waals surface area contributed by atoms with Crippen LogP contribution in [0.1, 0.15) is 11.1 Å². The highest BCUT2D eigenvalue weighted by Gasteiger charge is 2.45. The van der Waals surface area contributed by atoms with E-state index in [0.717, 1.165) is 15.6 Å². The van der Waals surface area contributed by atoms with E-state index in [-0.39, 0.29) is 13.2 Å². The van der Waals surface area contributed by atoms with E-state index in [2.05, 4.69) is 25.9 Å². The van der Waals surface area contributed by atoms with E-state index in [1.54, 1.807) is 30.5 Å². The van der Waals surface area contributed by atoms with Crippen LogP contribution in [0.5, 0.6) is 11.6 Å². The highest BCUT2D eigenvalue weighted by molar-refractivity contribution is 9.10. The van der Waals surface area contributed by atoms with Gasteiger partial charge in [-0.1, -0.05) is 6.07 Å². The summed E-state index contributed by atoms with van der Waals surface area (Å²) in [5.74, 6) is 0.861. The van der Waals surface area contributed by atoms with E-state index in [0.29, 0.717) is 28.6 Å². The maximum absolute atomic E-state index is 14.3. The third kappa shape index (κ3) is 2.60. The molecule has 1 spiro atoms. The molecule has 28 heavy (non-hydrogen) atoms. The number of halogens is 2. The Labute approximate surface area is 168 Å². The lowest BCUT2D eigenvalue weighted by molar-refractivity contribution is 0.109. The fourth-order valence-electron chi connectivity index (χ4n) is 3.65. The molecule has 0 aliphatic carbocycles. The fraction of sp³-hybridized carbons (Fsp3) is 0.150. The third-order valence-electron chi connectivity index (χ3n) is 4.86. The van der Waals surface area contributed by atoms with E-state index in [1.165, 1.54) is 6.20 Å². The Morgan fingerprint density at radius 3 is 2.86 bits per heavy atom. The van der Waals surface area contributed by atoms with Crippen LogP contribution in [-0.4, -0.2) is 29.0 Å². The van der Waals surface area contributed by atoms with Gasteiger partial charge in [-0.15, -0.1) is 0 Å². The summed E-state index contributed by atoms with van der Waals surface area (Å²) in [6, 6.07) is 10.7. The van der Waals surface area contributed by atoms with Gasteiger partial charge >= 0.3 is 0 Å². The van der Waals surface area contributed by atoms with Crippen molar-refractivity contribution in [3.63, 3.8) is 0 Å². The summed E-state index contributed by atoms with van der Waals surface area (Å²) in [5, 5.41) is 0. The molecule has 0 amide bonds. The quantitative estimate of drug-likeness (QED) is 0.582. The highest BCUT2D eigenvalue weighted by atomic mass is 79.9. The second-order valence-electron chi connectivity index (χ2n) is 6.62. The second kappa shape index (κ2) is 6.35. The summed E-state index contributed by atoms with van der Waals surface area (Å²) in [7, 11) is 0. The first-order chi connectivity index (χ1) is 13.6. The Morgan fingerprint density at radius 2 is 2.04 bits per heavy atom. The molecule has 140 valence electrons. The Morgan fingerprint density at radius 1 is 1.14 bits per heavy atom. The van der Waals surface area contributed by atoms with Gasteiger partial charge in [0.25, 0.3) is 0 Å². The number of nitrogens with zero attached hydrogens (tertiary/aromatic N) is 3. The third-order valence-corrected chi connectivity index (χ3v) is 5.29. The average Bonchev–Trinajstić information content (AvgIpc) is 2.69. The molecule has 2 aliphatic heterocycles. The molecule has 1 unspecified atom stereocenters. The predicted molar refractivity (Wildman–Crippen MR) is 105 cm³/mol. The van der Waals surface area contributed by atoms with Gasteiger partial charge in [-0.25, -0.2) is 9.97 Å². The van der Waals surface area contributed by atoms with E-state index in [4.69, 9.17) is 20.2 Å².